The number of nitro groups is 1. The van der Waals surface area contributed by atoms with E-state index in [4.69, 9.17) is 0 Å². The topological polar surface area (TPSA) is 55.2 Å². The van der Waals surface area contributed by atoms with Gasteiger partial charge in [-0.15, -0.1) is 11.8 Å². The maximum Gasteiger partial charge on any atom is 0.263 e. The first-order chi connectivity index (χ1) is 4.29. The highest BCUT2D eigenvalue weighted by Crippen LogP contribution is 2.16. The zero-order valence-electron chi connectivity index (χ0n) is 4.66. The average molecular weight is 146 g/mol. The van der Waals surface area contributed by atoms with Crippen molar-refractivity contribution in [2.24, 2.45) is 0 Å². The van der Waals surface area contributed by atoms with Gasteiger partial charge in [0, 0.05) is 12.3 Å². The third-order valence-electron chi connectivity index (χ3n) is 0.882. The number of rotatable bonds is 1. The molecule has 5 heteroatoms. The van der Waals surface area contributed by atoms with Crippen molar-refractivity contribution >= 4 is 11.8 Å². The lowest BCUT2D eigenvalue weighted by atomic mass is 10.7. The summed E-state index contributed by atoms with van der Waals surface area (Å²) in [7, 11) is 0. The summed E-state index contributed by atoms with van der Waals surface area (Å²) >= 11 is 1.48. The molecule has 0 aromatic heterocycles. The van der Waals surface area contributed by atoms with E-state index in [9.17, 15) is 10.1 Å². The fourth-order valence-corrected chi connectivity index (χ4v) is 1.35. The predicted octanol–water partition coefficient (Wildman–Crippen LogP) is 0.398. The van der Waals surface area contributed by atoms with Crippen LogP contribution in [-0.4, -0.2) is 17.2 Å². The predicted molar refractivity (Wildman–Crippen MR) is 35.5 cm³/mol. The standard InChI is InChI=1S/C4H6N2O2S/c7-6(8)3-4-5-1-2-9-4/h3,5H,1-2H2/b4-3+. The van der Waals surface area contributed by atoms with Gasteiger partial charge in [0.1, 0.15) is 5.03 Å². The molecule has 1 fully saturated rings. The molecule has 1 rings (SSSR count). The van der Waals surface area contributed by atoms with Crippen molar-refractivity contribution in [1.82, 2.24) is 5.32 Å². The minimum absolute atomic E-state index is 0.444. The van der Waals surface area contributed by atoms with Crippen LogP contribution in [0.1, 0.15) is 0 Å². The van der Waals surface area contributed by atoms with E-state index in [1.807, 2.05) is 0 Å². The van der Waals surface area contributed by atoms with E-state index < -0.39 is 4.92 Å². The molecule has 0 amide bonds. The zero-order chi connectivity index (χ0) is 6.69. The van der Waals surface area contributed by atoms with Crippen LogP contribution in [0.2, 0.25) is 0 Å². The molecule has 0 radical (unpaired) electrons. The summed E-state index contributed by atoms with van der Waals surface area (Å²) < 4.78 is 0. The molecule has 1 aliphatic heterocycles. The van der Waals surface area contributed by atoms with Gasteiger partial charge in [0.25, 0.3) is 6.20 Å². The fraction of sp³-hybridized carbons (Fsp3) is 0.500. The Kier molecular flexibility index (Phi) is 1.94. The Labute approximate surface area is 56.5 Å². The SMILES string of the molecule is O=[N+]([O-])/C=C1\NCCS1. The summed E-state index contributed by atoms with van der Waals surface area (Å²) in [4.78, 5) is 9.39. The maximum atomic E-state index is 9.83. The van der Waals surface area contributed by atoms with Gasteiger partial charge in [-0.1, -0.05) is 0 Å². The lowest BCUT2D eigenvalue weighted by molar-refractivity contribution is -0.403. The highest BCUT2D eigenvalue weighted by molar-refractivity contribution is 8.03. The minimum atomic E-state index is -0.444. The van der Waals surface area contributed by atoms with Gasteiger partial charge in [-0.05, 0) is 0 Å². The molecule has 0 saturated carbocycles. The first kappa shape index (κ1) is 6.41. The van der Waals surface area contributed by atoms with Gasteiger partial charge in [0.05, 0.1) is 4.92 Å². The third kappa shape index (κ3) is 1.93. The summed E-state index contributed by atoms with van der Waals surface area (Å²) in [5.41, 5.74) is 0. The van der Waals surface area contributed by atoms with Crippen LogP contribution in [0, 0.1) is 10.1 Å². The first-order valence-electron chi connectivity index (χ1n) is 2.51. The third-order valence-corrected chi connectivity index (χ3v) is 1.85. The second kappa shape index (κ2) is 2.72. The Hall–Kier alpha value is -0.710. The van der Waals surface area contributed by atoms with Crippen LogP contribution in [-0.2, 0) is 0 Å². The van der Waals surface area contributed by atoms with E-state index in [1.54, 1.807) is 0 Å². The number of nitrogens with zero attached hydrogens (tertiary/aromatic N) is 1. The Morgan fingerprint density at radius 1 is 1.89 bits per heavy atom. The highest BCUT2D eigenvalue weighted by atomic mass is 32.2. The molecule has 1 N–H and O–H groups in total. The molecule has 0 aliphatic carbocycles. The molecule has 1 heterocycles. The van der Waals surface area contributed by atoms with Crippen molar-refractivity contribution in [3.8, 4) is 0 Å². The van der Waals surface area contributed by atoms with E-state index in [2.05, 4.69) is 5.32 Å². The smallest absolute Gasteiger partial charge is 0.263 e. The molecule has 0 bridgehead atoms. The molecule has 9 heavy (non-hydrogen) atoms. The summed E-state index contributed by atoms with van der Waals surface area (Å²) in [6.45, 7) is 0.838. The second-order valence-electron chi connectivity index (χ2n) is 1.55. The molecule has 0 unspecified atom stereocenters. The van der Waals surface area contributed by atoms with Crippen molar-refractivity contribution in [3.05, 3.63) is 21.3 Å². The van der Waals surface area contributed by atoms with E-state index in [0.717, 1.165) is 18.5 Å². The quantitative estimate of drug-likeness (QED) is 0.429. The maximum absolute atomic E-state index is 9.83. The van der Waals surface area contributed by atoms with Crippen LogP contribution in [0.3, 0.4) is 0 Å². The monoisotopic (exact) mass is 146 g/mol. The van der Waals surface area contributed by atoms with Crippen LogP contribution in [0.15, 0.2) is 11.2 Å². The fourth-order valence-electron chi connectivity index (χ4n) is 0.565. The van der Waals surface area contributed by atoms with Gasteiger partial charge < -0.3 is 5.32 Å². The highest BCUT2D eigenvalue weighted by Gasteiger charge is 2.08. The average Bonchev–Trinajstić information content (AvgIpc) is 2.15. The summed E-state index contributed by atoms with van der Waals surface area (Å²) in [5.74, 6) is 0.930. The van der Waals surface area contributed by atoms with Crippen molar-refractivity contribution in [2.75, 3.05) is 12.3 Å². The molecule has 0 aromatic carbocycles. The lowest BCUT2D eigenvalue weighted by Gasteiger charge is -1.88. The Bertz CT molecular complexity index is 149. The summed E-state index contributed by atoms with van der Waals surface area (Å²) in [6.07, 6.45) is 0.998. The zero-order valence-corrected chi connectivity index (χ0v) is 5.48. The van der Waals surface area contributed by atoms with Crippen molar-refractivity contribution in [2.45, 2.75) is 0 Å². The van der Waals surface area contributed by atoms with Crippen molar-refractivity contribution < 1.29 is 4.92 Å². The van der Waals surface area contributed by atoms with Gasteiger partial charge >= 0.3 is 0 Å². The van der Waals surface area contributed by atoms with Crippen LogP contribution in [0.25, 0.3) is 0 Å². The van der Waals surface area contributed by atoms with Gasteiger partial charge in [-0.2, -0.15) is 0 Å². The molecule has 1 aliphatic rings. The van der Waals surface area contributed by atoms with Crippen LogP contribution in [0.5, 0.6) is 0 Å². The molecular weight excluding hydrogens is 140 g/mol. The number of hydrogen-bond acceptors (Lipinski definition) is 4. The molecule has 1 saturated heterocycles. The van der Waals surface area contributed by atoms with E-state index in [0.29, 0.717) is 5.03 Å². The Balaban J connectivity index is 2.49. The Morgan fingerprint density at radius 2 is 2.67 bits per heavy atom. The molecule has 50 valence electrons. The van der Waals surface area contributed by atoms with E-state index >= 15 is 0 Å². The van der Waals surface area contributed by atoms with Gasteiger partial charge in [0.15, 0.2) is 0 Å². The van der Waals surface area contributed by atoms with Gasteiger partial charge in [-0.25, -0.2) is 0 Å². The summed E-state index contributed by atoms with van der Waals surface area (Å²) in [5, 5.41) is 13.4. The van der Waals surface area contributed by atoms with Gasteiger partial charge in [-0.3, -0.25) is 10.1 Å². The molecule has 4 nitrogen and oxygen atoms in total. The largest absolute Gasteiger partial charge is 0.374 e. The molecule has 0 spiro atoms. The van der Waals surface area contributed by atoms with Crippen LogP contribution < -0.4 is 5.32 Å². The van der Waals surface area contributed by atoms with E-state index in [-0.39, 0.29) is 0 Å². The van der Waals surface area contributed by atoms with E-state index in [1.165, 1.54) is 11.8 Å². The minimum Gasteiger partial charge on any atom is -0.374 e. The first-order valence-corrected chi connectivity index (χ1v) is 3.49. The van der Waals surface area contributed by atoms with Crippen LogP contribution >= 0.6 is 11.8 Å². The van der Waals surface area contributed by atoms with Crippen LogP contribution in [0.4, 0.5) is 0 Å². The van der Waals surface area contributed by atoms with Gasteiger partial charge in [0.2, 0.25) is 0 Å². The van der Waals surface area contributed by atoms with Crippen molar-refractivity contribution in [1.29, 1.82) is 0 Å². The molecule has 0 aromatic rings. The Morgan fingerprint density at radius 3 is 3.11 bits per heavy atom. The second-order valence-corrected chi connectivity index (χ2v) is 2.69. The molecule has 0 atom stereocenters. The normalized spacial score (nSPS) is 22.0. The number of nitrogens with one attached hydrogen (secondary N) is 1. The number of thioether (sulfide) groups is 1. The lowest BCUT2D eigenvalue weighted by Crippen LogP contribution is -2.05. The molecular formula is C4H6N2O2S. The number of hydrogen-bond donors (Lipinski definition) is 1. The van der Waals surface area contributed by atoms with Crippen molar-refractivity contribution in [3.63, 3.8) is 0 Å². The summed E-state index contributed by atoms with van der Waals surface area (Å²) in [6, 6.07) is 0.